The summed E-state index contributed by atoms with van der Waals surface area (Å²) in [5.41, 5.74) is 0. The second-order valence-electron chi connectivity index (χ2n) is 9.28. The SMILES string of the molecule is CCC[CH2][Sn]([I])([I])[CH2]CCC.[I].c1cc[c]([SbH]([c]2ccccc2)([c]2ccccc2)[c]2ccccc2)cc1. The zero-order valence-corrected chi connectivity index (χ0v) is 34.1. The average Bonchev–Trinajstić information content (AvgIpc) is 2.94. The summed E-state index contributed by atoms with van der Waals surface area (Å²) in [5, 5.41) is 0. The van der Waals surface area contributed by atoms with Crippen molar-refractivity contribution in [3.63, 3.8) is 0 Å². The van der Waals surface area contributed by atoms with Crippen molar-refractivity contribution in [3.8, 4) is 0 Å². The van der Waals surface area contributed by atoms with Crippen LogP contribution < -0.4 is 14.0 Å². The van der Waals surface area contributed by atoms with Crippen LogP contribution >= 0.6 is 61.2 Å². The minimum absolute atomic E-state index is 0. The Labute approximate surface area is 270 Å². The van der Waals surface area contributed by atoms with Crippen LogP contribution in [0.1, 0.15) is 39.5 Å². The van der Waals surface area contributed by atoms with Gasteiger partial charge in [0.1, 0.15) is 0 Å². The standard InChI is InChI=1S/4C6H5.2C4H9.2HI.I.Sb.Sn.H/c4*1-2-4-6-5-3-1;2*1-3-4-2;;;;;;/h4*1-5H;2*1,3-4H2,2H3;2*1H;;;;/q;;;;;;;;;;+2;/p-2. The van der Waals surface area contributed by atoms with Crippen molar-refractivity contribution in [1.29, 1.82) is 0 Å². The van der Waals surface area contributed by atoms with E-state index in [0.717, 1.165) is 0 Å². The number of hydrogen-bond acceptors (Lipinski definition) is 0. The molecule has 5 heteroatoms. The predicted molar refractivity (Wildman–Crippen MR) is 199 cm³/mol. The zero-order chi connectivity index (χ0) is 25.7. The quantitative estimate of drug-likeness (QED) is 0.110. The molecule has 0 N–H and O–H groups in total. The summed E-state index contributed by atoms with van der Waals surface area (Å²) in [7, 11) is -1.50. The molecule has 0 aliphatic carbocycles. The summed E-state index contributed by atoms with van der Waals surface area (Å²) in [6.45, 7) is 4.60. The van der Waals surface area contributed by atoms with Gasteiger partial charge in [0.25, 0.3) is 0 Å². The molecule has 0 atom stereocenters. The molecule has 0 aliphatic rings. The molecule has 1 radical (unpaired) electrons. The van der Waals surface area contributed by atoms with Crippen molar-refractivity contribution in [2.24, 2.45) is 0 Å². The van der Waals surface area contributed by atoms with Crippen molar-refractivity contribution in [2.75, 3.05) is 0 Å². The van der Waals surface area contributed by atoms with Crippen LogP contribution in [0.25, 0.3) is 0 Å². The van der Waals surface area contributed by atoms with Gasteiger partial charge in [-0.15, -0.1) is 0 Å². The Bertz CT molecular complexity index is 950. The van der Waals surface area contributed by atoms with Crippen molar-refractivity contribution in [3.05, 3.63) is 121 Å². The molecule has 0 saturated heterocycles. The van der Waals surface area contributed by atoms with Crippen molar-refractivity contribution in [2.45, 2.75) is 48.4 Å². The van der Waals surface area contributed by atoms with Gasteiger partial charge in [-0.1, -0.05) is 0 Å². The molecule has 0 saturated carbocycles. The Balaban J connectivity index is 0.000000344. The number of rotatable bonds is 10. The predicted octanol–water partition coefficient (Wildman–Crippen LogP) is 8.58. The molecule has 0 unspecified atom stereocenters. The van der Waals surface area contributed by atoms with E-state index in [1.165, 1.54) is 39.7 Å². The van der Waals surface area contributed by atoms with E-state index >= 15 is 0 Å². The third kappa shape index (κ3) is 9.93. The van der Waals surface area contributed by atoms with Crippen molar-refractivity contribution >= 4 is 105 Å². The Morgan fingerprint density at radius 1 is 0.486 bits per heavy atom. The fraction of sp³-hybridized carbons (Fsp3) is 0.250. The third-order valence-electron chi connectivity index (χ3n) is 6.62. The van der Waals surface area contributed by atoms with Gasteiger partial charge in [-0.05, 0) is 0 Å². The number of hydrogen-bond donors (Lipinski definition) is 0. The first-order valence-corrected chi connectivity index (χ1v) is 39.5. The van der Waals surface area contributed by atoms with E-state index in [4.69, 9.17) is 0 Å². The van der Waals surface area contributed by atoms with Crippen LogP contribution in [0.3, 0.4) is 0 Å². The fourth-order valence-electron chi connectivity index (χ4n) is 4.75. The van der Waals surface area contributed by atoms with Gasteiger partial charge in [-0.25, -0.2) is 0 Å². The summed E-state index contributed by atoms with van der Waals surface area (Å²) in [5.74, 6) is 0. The molecule has 0 aromatic heterocycles. The van der Waals surface area contributed by atoms with Gasteiger partial charge in [0.15, 0.2) is 0 Å². The third-order valence-corrected chi connectivity index (χ3v) is 41.0. The first-order valence-electron chi connectivity index (χ1n) is 13.1. The summed E-state index contributed by atoms with van der Waals surface area (Å²) in [6, 6.07) is 44.4. The molecule has 0 aliphatic heterocycles. The van der Waals surface area contributed by atoms with E-state index in [-0.39, 0.29) is 24.0 Å². The number of unbranched alkanes of at least 4 members (excludes halogenated alkanes) is 2. The number of benzene rings is 4. The molecule has 0 heterocycles. The van der Waals surface area contributed by atoms with Gasteiger partial charge in [0.05, 0.1) is 0 Å². The fourth-order valence-corrected chi connectivity index (χ4v) is 34.3. The van der Waals surface area contributed by atoms with Crippen LogP contribution in [0.4, 0.5) is 0 Å². The Kier molecular flexibility index (Phi) is 16.7. The topological polar surface area (TPSA) is 0 Å². The second kappa shape index (κ2) is 18.2. The Hall–Kier alpha value is 0.687. The normalized spacial score (nSPS) is 11.6. The van der Waals surface area contributed by atoms with Gasteiger partial charge < -0.3 is 0 Å². The van der Waals surface area contributed by atoms with E-state index < -0.39 is 29.2 Å². The van der Waals surface area contributed by atoms with E-state index in [9.17, 15) is 0 Å². The molecule has 37 heavy (non-hydrogen) atoms. The zero-order valence-electron chi connectivity index (χ0n) is 21.9. The Morgan fingerprint density at radius 3 is 0.946 bits per heavy atom. The summed E-state index contributed by atoms with van der Waals surface area (Å²) in [6.07, 6.45) is 5.73. The van der Waals surface area contributed by atoms with Crippen molar-refractivity contribution < 1.29 is 0 Å². The molecule has 197 valence electrons. The van der Waals surface area contributed by atoms with E-state index in [1.807, 2.05) is 0 Å². The minimum atomic E-state index is -3.31. The van der Waals surface area contributed by atoms with Gasteiger partial charge >= 0.3 is 250 Å². The molecular formula is C32H39I3SbSn. The van der Waals surface area contributed by atoms with Crippen LogP contribution in [0.2, 0.25) is 8.87 Å². The van der Waals surface area contributed by atoms with Crippen LogP contribution in [-0.2, 0) is 0 Å². The van der Waals surface area contributed by atoms with Crippen LogP contribution in [-0.4, -0.2) is 29.2 Å². The van der Waals surface area contributed by atoms with Gasteiger partial charge in [0, 0.05) is 24.0 Å². The molecule has 0 bridgehead atoms. The summed E-state index contributed by atoms with van der Waals surface area (Å²) >= 11 is 2.33. The van der Waals surface area contributed by atoms with Crippen LogP contribution in [0.5, 0.6) is 0 Å². The van der Waals surface area contributed by atoms with E-state index in [0.29, 0.717) is 0 Å². The molecule has 0 fully saturated rings. The van der Waals surface area contributed by atoms with Crippen LogP contribution in [0.15, 0.2) is 121 Å². The maximum atomic E-state index is 2.82. The number of halogens is 3. The maximum absolute atomic E-state index is 3.31. The first-order chi connectivity index (χ1) is 17.5. The molecule has 0 nitrogen and oxygen atoms in total. The molecule has 4 rings (SSSR count). The molecule has 0 spiro atoms. The van der Waals surface area contributed by atoms with E-state index in [2.05, 4.69) is 172 Å². The van der Waals surface area contributed by atoms with Gasteiger partial charge in [-0.2, -0.15) is 0 Å². The monoisotopic (exact) mass is 1040 g/mol. The van der Waals surface area contributed by atoms with Crippen molar-refractivity contribution in [1.82, 2.24) is 0 Å². The second-order valence-corrected chi connectivity index (χ2v) is 69.4. The van der Waals surface area contributed by atoms with Crippen LogP contribution in [0, 0.1) is 0 Å². The van der Waals surface area contributed by atoms with E-state index in [1.54, 1.807) is 8.87 Å². The first kappa shape index (κ1) is 33.9. The molecular weight excluding hydrogens is 1010 g/mol. The van der Waals surface area contributed by atoms with Gasteiger partial charge in [-0.3, -0.25) is 0 Å². The van der Waals surface area contributed by atoms with Gasteiger partial charge in [0.2, 0.25) is 0 Å². The summed E-state index contributed by atoms with van der Waals surface area (Å²) in [4.78, 5) is 0. The Morgan fingerprint density at radius 2 is 0.730 bits per heavy atom. The molecule has 0 amide bonds. The molecule has 4 aromatic rings. The summed E-state index contributed by atoms with van der Waals surface area (Å²) < 4.78 is 9.13. The molecule has 4 aromatic carbocycles. The average molecular weight is 1040 g/mol.